The van der Waals surface area contributed by atoms with Gasteiger partial charge in [0.05, 0.1) is 6.10 Å². The molecule has 0 aliphatic rings. The predicted octanol–water partition coefficient (Wildman–Crippen LogP) is 1.16. The van der Waals surface area contributed by atoms with Crippen LogP contribution in [0.25, 0.3) is 6.08 Å². The first-order chi connectivity index (χ1) is 6.22. The van der Waals surface area contributed by atoms with E-state index in [4.69, 9.17) is 10.8 Å². The fourth-order valence-corrected chi connectivity index (χ4v) is 0.875. The van der Waals surface area contributed by atoms with Crippen molar-refractivity contribution in [2.24, 2.45) is 5.73 Å². The summed E-state index contributed by atoms with van der Waals surface area (Å²) in [6.45, 7) is 0.192. The zero-order chi connectivity index (χ0) is 9.68. The summed E-state index contributed by atoms with van der Waals surface area (Å²) in [7, 11) is 0. The minimum Gasteiger partial charge on any atom is -0.388 e. The summed E-state index contributed by atoms with van der Waals surface area (Å²) in [5.41, 5.74) is 6.04. The highest BCUT2D eigenvalue weighted by Gasteiger charge is 1.93. The Kier molecular flexibility index (Phi) is 3.61. The quantitative estimate of drug-likeness (QED) is 0.735. The van der Waals surface area contributed by atoms with Crippen molar-refractivity contribution in [3.05, 3.63) is 41.7 Å². The van der Waals surface area contributed by atoms with Gasteiger partial charge in [-0.25, -0.2) is 4.39 Å². The van der Waals surface area contributed by atoms with Crippen LogP contribution >= 0.6 is 0 Å². The van der Waals surface area contributed by atoms with Crippen molar-refractivity contribution in [1.82, 2.24) is 0 Å². The van der Waals surface area contributed by atoms with Crippen molar-refractivity contribution >= 4 is 6.08 Å². The number of nitrogens with two attached hydrogens (primary N) is 1. The van der Waals surface area contributed by atoms with Crippen molar-refractivity contribution in [1.29, 1.82) is 0 Å². The van der Waals surface area contributed by atoms with E-state index in [9.17, 15) is 4.39 Å². The van der Waals surface area contributed by atoms with Gasteiger partial charge in [-0.15, -0.1) is 0 Å². The van der Waals surface area contributed by atoms with E-state index in [0.29, 0.717) is 0 Å². The zero-order valence-corrected chi connectivity index (χ0v) is 7.15. The topological polar surface area (TPSA) is 46.2 Å². The molecule has 0 saturated heterocycles. The minimum atomic E-state index is -0.634. The normalized spacial score (nSPS) is 13.5. The molecule has 1 atom stereocenters. The molecule has 1 rings (SSSR count). The van der Waals surface area contributed by atoms with E-state index in [-0.39, 0.29) is 12.4 Å². The third kappa shape index (κ3) is 3.36. The van der Waals surface area contributed by atoms with Crippen molar-refractivity contribution in [2.75, 3.05) is 6.54 Å². The van der Waals surface area contributed by atoms with Crippen molar-refractivity contribution in [2.45, 2.75) is 6.10 Å². The number of hydrogen-bond acceptors (Lipinski definition) is 2. The molecule has 70 valence electrons. The van der Waals surface area contributed by atoms with E-state index in [0.717, 1.165) is 5.56 Å². The van der Waals surface area contributed by atoms with Crippen LogP contribution in [0.1, 0.15) is 5.56 Å². The van der Waals surface area contributed by atoms with Gasteiger partial charge in [0.2, 0.25) is 0 Å². The number of aliphatic hydroxyl groups excluding tert-OH is 1. The Labute approximate surface area is 76.5 Å². The van der Waals surface area contributed by atoms with Gasteiger partial charge < -0.3 is 10.8 Å². The molecule has 0 unspecified atom stereocenters. The highest BCUT2D eigenvalue weighted by atomic mass is 19.1. The second-order valence-corrected chi connectivity index (χ2v) is 2.71. The molecule has 0 aliphatic heterocycles. The molecule has 0 saturated carbocycles. The molecule has 0 fully saturated rings. The molecule has 0 amide bonds. The summed E-state index contributed by atoms with van der Waals surface area (Å²) in [5, 5.41) is 9.09. The van der Waals surface area contributed by atoms with Gasteiger partial charge in [-0.3, -0.25) is 0 Å². The lowest BCUT2D eigenvalue weighted by molar-refractivity contribution is 0.232. The molecule has 0 heterocycles. The molecule has 1 aromatic rings. The average molecular weight is 181 g/mol. The first-order valence-electron chi connectivity index (χ1n) is 4.04. The summed E-state index contributed by atoms with van der Waals surface area (Å²) < 4.78 is 12.5. The fraction of sp³-hybridized carbons (Fsp3) is 0.200. The molecule has 0 aromatic heterocycles. The Morgan fingerprint density at radius 3 is 2.54 bits per heavy atom. The largest absolute Gasteiger partial charge is 0.388 e. The lowest BCUT2D eigenvalue weighted by atomic mass is 10.2. The lowest BCUT2D eigenvalue weighted by Crippen LogP contribution is -2.16. The maximum Gasteiger partial charge on any atom is 0.123 e. The smallest absolute Gasteiger partial charge is 0.123 e. The SMILES string of the molecule is NC[C@H](O)/C=C/c1ccc(F)cc1. The summed E-state index contributed by atoms with van der Waals surface area (Å²) in [6, 6.07) is 6.01. The maximum absolute atomic E-state index is 12.5. The van der Waals surface area contributed by atoms with E-state index >= 15 is 0 Å². The molecule has 0 spiro atoms. The number of aliphatic hydroxyl groups is 1. The van der Waals surface area contributed by atoms with Crippen LogP contribution in [0.2, 0.25) is 0 Å². The molecular weight excluding hydrogens is 169 g/mol. The predicted molar refractivity (Wildman–Crippen MR) is 50.5 cm³/mol. The van der Waals surface area contributed by atoms with Crippen LogP contribution in [0.15, 0.2) is 30.3 Å². The van der Waals surface area contributed by atoms with Crippen LogP contribution in [0.5, 0.6) is 0 Å². The molecule has 2 nitrogen and oxygen atoms in total. The van der Waals surface area contributed by atoms with Gasteiger partial charge in [0, 0.05) is 6.54 Å². The molecule has 13 heavy (non-hydrogen) atoms. The average Bonchev–Trinajstić information content (AvgIpc) is 2.16. The first-order valence-corrected chi connectivity index (χ1v) is 4.04. The van der Waals surface area contributed by atoms with E-state index < -0.39 is 6.10 Å². The summed E-state index contributed by atoms with van der Waals surface area (Å²) >= 11 is 0. The highest BCUT2D eigenvalue weighted by molar-refractivity contribution is 5.49. The van der Waals surface area contributed by atoms with Gasteiger partial charge in [0.15, 0.2) is 0 Å². The monoisotopic (exact) mass is 181 g/mol. The Morgan fingerprint density at radius 2 is 2.00 bits per heavy atom. The Morgan fingerprint density at radius 1 is 1.38 bits per heavy atom. The van der Waals surface area contributed by atoms with Crippen molar-refractivity contribution < 1.29 is 9.50 Å². The van der Waals surface area contributed by atoms with Gasteiger partial charge in [0.1, 0.15) is 5.82 Å². The summed E-state index contributed by atoms with van der Waals surface area (Å²) in [6.07, 6.45) is 2.65. The van der Waals surface area contributed by atoms with E-state index in [1.165, 1.54) is 12.1 Å². The fourth-order valence-electron chi connectivity index (χ4n) is 0.875. The van der Waals surface area contributed by atoms with Crippen molar-refractivity contribution in [3.63, 3.8) is 0 Å². The standard InChI is InChI=1S/C10H12FNO/c11-9-4-1-8(2-5-9)3-6-10(13)7-12/h1-6,10,13H,7,12H2/b6-3+/t10-/m1/s1. The summed E-state index contributed by atoms with van der Waals surface area (Å²) in [5.74, 6) is -0.267. The van der Waals surface area contributed by atoms with Gasteiger partial charge >= 0.3 is 0 Å². The van der Waals surface area contributed by atoms with Crippen LogP contribution in [-0.2, 0) is 0 Å². The van der Waals surface area contributed by atoms with Gasteiger partial charge in [-0.2, -0.15) is 0 Å². The van der Waals surface area contributed by atoms with E-state index in [1.807, 2.05) is 0 Å². The second kappa shape index (κ2) is 4.74. The lowest BCUT2D eigenvalue weighted by Gasteiger charge is -1.98. The third-order valence-corrected chi connectivity index (χ3v) is 1.62. The molecule has 0 radical (unpaired) electrons. The Balaban J connectivity index is 2.64. The van der Waals surface area contributed by atoms with E-state index in [2.05, 4.69) is 0 Å². The minimum absolute atomic E-state index is 0.192. The molecular formula is C10H12FNO. The zero-order valence-electron chi connectivity index (χ0n) is 7.15. The number of rotatable bonds is 3. The molecule has 3 heteroatoms. The molecule has 3 N–H and O–H groups in total. The number of hydrogen-bond donors (Lipinski definition) is 2. The molecule has 0 bridgehead atoms. The third-order valence-electron chi connectivity index (χ3n) is 1.62. The molecule has 0 aliphatic carbocycles. The van der Waals surface area contributed by atoms with Crippen LogP contribution in [0, 0.1) is 5.82 Å². The maximum atomic E-state index is 12.5. The number of halogens is 1. The highest BCUT2D eigenvalue weighted by Crippen LogP contribution is 2.04. The Hall–Kier alpha value is -1.19. The second-order valence-electron chi connectivity index (χ2n) is 2.71. The van der Waals surface area contributed by atoms with Gasteiger partial charge in [-0.05, 0) is 17.7 Å². The van der Waals surface area contributed by atoms with Crippen molar-refractivity contribution in [3.8, 4) is 0 Å². The van der Waals surface area contributed by atoms with E-state index in [1.54, 1.807) is 24.3 Å². The number of benzene rings is 1. The van der Waals surface area contributed by atoms with Gasteiger partial charge in [0.25, 0.3) is 0 Å². The van der Waals surface area contributed by atoms with Crippen LogP contribution in [-0.4, -0.2) is 17.8 Å². The first kappa shape index (κ1) is 9.89. The summed E-state index contributed by atoms with van der Waals surface area (Å²) in [4.78, 5) is 0. The van der Waals surface area contributed by atoms with Crippen LogP contribution < -0.4 is 5.73 Å². The van der Waals surface area contributed by atoms with Gasteiger partial charge in [-0.1, -0.05) is 24.3 Å². The van der Waals surface area contributed by atoms with Crippen LogP contribution in [0.3, 0.4) is 0 Å². The Bertz CT molecular complexity index is 281. The van der Waals surface area contributed by atoms with Crippen LogP contribution in [0.4, 0.5) is 4.39 Å². The molecule has 1 aromatic carbocycles.